The number of hydrogen-bond donors (Lipinski definition) is 0. The zero-order valence-electron chi connectivity index (χ0n) is 13.4. The van der Waals surface area contributed by atoms with Crippen molar-refractivity contribution in [3.63, 3.8) is 0 Å². The van der Waals surface area contributed by atoms with Crippen LogP contribution in [0, 0.1) is 0 Å². The Balaban J connectivity index is 0.000000956. The van der Waals surface area contributed by atoms with Gasteiger partial charge in [0.2, 0.25) is 0 Å². The summed E-state index contributed by atoms with van der Waals surface area (Å²) >= 11 is 0. The second kappa shape index (κ2) is 8.41. The third kappa shape index (κ3) is 4.12. The van der Waals surface area contributed by atoms with Crippen LogP contribution >= 0.6 is 0 Å². The molecule has 0 spiro atoms. The van der Waals surface area contributed by atoms with E-state index in [0.717, 1.165) is 18.7 Å². The molecule has 0 fully saturated rings. The number of hydrogen-bond acceptors (Lipinski definition) is 2. The maximum Gasteiger partial charge on any atom is 0.0606 e. The maximum atomic E-state index is 4.18. The minimum Gasteiger partial charge on any atom is -0.374 e. The third-order valence-electron chi connectivity index (χ3n) is 3.32. The Morgan fingerprint density at radius 1 is 1.15 bits per heavy atom. The van der Waals surface area contributed by atoms with Gasteiger partial charge in [-0.2, -0.15) is 5.10 Å². The van der Waals surface area contributed by atoms with E-state index in [1.807, 2.05) is 37.8 Å². The molecule has 0 saturated heterocycles. The summed E-state index contributed by atoms with van der Waals surface area (Å²) in [5.41, 5.74) is 3.88. The van der Waals surface area contributed by atoms with E-state index in [2.05, 4.69) is 48.3 Å². The van der Waals surface area contributed by atoms with E-state index in [0.29, 0.717) is 0 Å². The van der Waals surface area contributed by atoms with Crippen LogP contribution in [-0.2, 0) is 7.05 Å². The van der Waals surface area contributed by atoms with E-state index < -0.39 is 0 Å². The Labute approximate surface area is 123 Å². The summed E-state index contributed by atoms with van der Waals surface area (Å²) in [6, 6.07) is 2.03. The van der Waals surface area contributed by atoms with Crippen LogP contribution in [0.3, 0.4) is 0 Å². The maximum absolute atomic E-state index is 4.18. The van der Waals surface area contributed by atoms with Gasteiger partial charge in [0.1, 0.15) is 0 Å². The number of nitrogens with zero attached hydrogens (tertiary/aromatic N) is 3. The van der Waals surface area contributed by atoms with Gasteiger partial charge in [-0.05, 0) is 43.6 Å². The van der Waals surface area contributed by atoms with Crippen molar-refractivity contribution >= 4 is 6.08 Å². The molecule has 2 rings (SSSR count). The summed E-state index contributed by atoms with van der Waals surface area (Å²) < 4.78 is 1.89. The molecular weight excluding hydrogens is 246 g/mol. The van der Waals surface area contributed by atoms with Crippen LogP contribution < -0.4 is 0 Å². The minimum absolute atomic E-state index is 1.13. The fourth-order valence-electron chi connectivity index (χ4n) is 2.29. The molecule has 0 amide bonds. The first-order valence-electron chi connectivity index (χ1n) is 7.45. The highest BCUT2D eigenvalue weighted by atomic mass is 15.2. The monoisotopic (exact) mass is 273 g/mol. The number of allylic oxidation sites excluding steroid dienone is 4. The Kier molecular flexibility index (Phi) is 6.85. The topological polar surface area (TPSA) is 21.1 Å². The average Bonchev–Trinajstić information content (AvgIpc) is 2.87. The second-order valence-corrected chi connectivity index (χ2v) is 4.65. The van der Waals surface area contributed by atoms with Crippen LogP contribution in [0.4, 0.5) is 0 Å². The number of aryl methyl sites for hydroxylation is 1. The van der Waals surface area contributed by atoms with E-state index in [9.17, 15) is 0 Å². The molecule has 3 nitrogen and oxygen atoms in total. The Hall–Kier alpha value is -1.77. The van der Waals surface area contributed by atoms with Crippen LogP contribution in [0.15, 0.2) is 41.8 Å². The minimum atomic E-state index is 1.13. The van der Waals surface area contributed by atoms with Crippen molar-refractivity contribution in [3.05, 3.63) is 47.5 Å². The van der Waals surface area contributed by atoms with Gasteiger partial charge >= 0.3 is 0 Å². The van der Waals surface area contributed by atoms with Crippen LogP contribution in [0.1, 0.15) is 39.3 Å². The molecular formula is C17H27N3. The van der Waals surface area contributed by atoms with Crippen LogP contribution in [0.2, 0.25) is 0 Å². The highest BCUT2D eigenvalue weighted by Gasteiger charge is 2.12. The molecule has 0 N–H and O–H groups in total. The van der Waals surface area contributed by atoms with Crippen molar-refractivity contribution in [1.82, 2.24) is 14.7 Å². The molecule has 0 aliphatic carbocycles. The fraction of sp³-hybridized carbons (Fsp3) is 0.471. The van der Waals surface area contributed by atoms with Gasteiger partial charge in [-0.1, -0.05) is 26.0 Å². The number of aromatic nitrogens is 2. The van der Waals surface area contributed by atoms with Gasteiger partial charge in [0.25, 0.3) is 0 Å². The van der Waals surface area contributed by atoms with Gasteiger partial charge in [-0.15, -0.1) is 0 Å². The van der Waals surface area contributed by atoms with Gasteiger partial charge in [0.05, 0.1) is 5.69 Å². The molecule has 3 heteroatoms. The lowest BCUT2D eigenvalue weighted by molar-refractivity contribution is 0.394. The molecule has 0 atom stereocenters. The van der Waals surface area contributed by atoms with Crippen LogP contribution in [0.5, 0.6) is 0 Å². The largest absolute Gasteiger partial charge is 0.374 e. The number of rotatable bonds is 3. The number of likely N-dealkylation sites (N-methyl/N-ethyl adjacent to an activating group) is 1. The van der Waals surface area contributed by atoms with Crippen LogP contribution in [-0.4, -0.2) is 28.3 Å². The van der Waals surface area contributed by atoms with Gasteiger partial charge in [-0.3, -0.25) is 4.68 Å². The molecule has 1 aliphatic heterocycles. The Bertz CT molecular complexity index is 492. The fourth-order valence-corrected chi connectivity index (χ4v) is 2.29. The molecule has 0 bridgehead atoms. The average molecular weight is 273 g/mol. The Morgan fingerprint density at radius 2 is 1.90 bits per heavy atom. The lowest BCUT2D eigenvalue weighted by atomic mass is 10.0. The predicted molar refractivity (Wildman–Crippen MR) is 87.3 cm³/mol. The van der Waals surface area contributed by atoms with Gasteiger partial charge in [0, 0.05) is 32.5 Å². The molecule has 1 aliphatic rings. The van der Waals surface area contributed by atoms with E-state index in [1.54, 1.807) is 0 Å². The van der Waals surface area contributed by atoms with Crippen LogP contribution in [0.25, 0.3) is 6.08 Å². The van der Waals surface area contributed by atoms with Gasteiger partial charge in [-0.25, -0.2) is 0 Å². The van der Waals surface area contributed by atoms with Crippen molar-refractivity contribution in [1.29, 1.82) is 0 Å². The van der Waals surface area contributed by atoms with E-state index in [4.69, 9.17) is 0 Å². The first kappa shape index (κ1) is 16.3. The summed E-state index contributed by atoms with van der Waals surface area (Å²) in [5, 5.41) is 4.18. The molecule has 0 saturated carbocycles. The summed E-state index contributed by atoms with van der Waals surface area (Å²) in [6.45, 7) is 7.21. The van der Waals surface area contributed by atoms with Crippen molar-refractivity contribution in [2.45, 2.75) is 33.6 Å². The zero-order chi connectivity index (χ0) is 15.0. The quantitative estimate of drug-likeness (QED) is 0.829. The van der Waals surface area contributed by atoms with Crippen molar-refractivity contribution < 1.29 is 0 Å². The van der Waals surface area contributed by atoms with Crippen molar-refractivity contribution in [2.75, 3.05) is 13.6 Å². The first-order chi connectivity index (χ1) is 9.72. The molecule has 0 radical (unpaired) electrons. The zero-order valence-corrected chi connectivity index (χ0v) is 13.4. The lowest BCUT2D eigenvalue weighted by Gasteiger charge is -2.27. The lowest BCUT2D eigenvalue weighted by Crippen LogP contribution is -2.23. The SMILES string of the molecule is C/C=C\C1=C(/C=C/c2ccnn2C)CCCN1C.CC. The molecule has 1 aromatic rings. The highest BCUT2D eigenvalue weighted by Crippen LogP contribution is 2.23. The molecule has 0 aromatic carbocycles. The summed E-state index contributed by atoms with van der Waals surface area (Å²) in [5.74, 6) is 0. The predicted octanol–water partition coefficient (Wildman–Crippen LogP) is 4.02. The molecule has 2 heterocycles. The molecule has 1 aromatic heterocycles. The third-order valence-corrected chi connectivity index (χ3v) is 3.32. The molecule has 20 heavy (non-hydrogen) atoms. The second-order valence-electron chi connectivity index (χ2n) is 4.65. The summed E-state index contributed by atoms with van der Waals surface area (Å²) in [6.07, 6.45) is 12.9. The highest BCUT2D eigenvalue weighted by molar-refractivity contribution is 5.51. The van der Waals surface area contributed by atoms with E-state index >= 15 is 0 Å². The van der Waals surface area contributed by atoms with E-state index in [1.165, 1.54) is 17.7 Å². The standard InChI is InChI=1S/C15H21N3.C2H6/c1-4-6-15-13(7-5-12-17(15)2)8-9-14-10-11-16-18(14)3;1-2/h4,6,8-11H,5,7,12H2,1-3H3;1-2H3/b6-4-,9-8+;. The first-order valence-corrected chi connectivity index (χ1v) is 7.45. The Morgan fingerprint density at radius 3 is 2.50 bits per heavy atom. The summed E-state index contributed by atoms with van der Waals surface area (Å²) in [7, 11) is 4.13. The van der Waals surface area contributed by atoms with Gasteiger partial charge in [0.15, 0.2) is 0 Å². The van der Waals surface area contributed by atoms with Crippen molar-refractivity contribution in [2.24, 2.45) is 7.05 Å². The van der Waals surface area contributed by atoms with Crippen molar-refractivity contribution in [3.8, 4) is 0 Å². The normalized spacial score (nSPS) is 15.9. The smallest absolute Gasteiger partial charge is 0.0606 e. The van der Waals surface area contributed by atoms with E-state index in [-0.39, 0.29) is 0 Å². The molecule has 0 unspecified atom stereocenters. The molecule has 110 valence electrons. The summed E-state index contributed by atoms with van der Waals surface area (Å²) in [4.78, 5) is 2.33. The van der Waals surface area contributed by atoms with Gasteiger partial charge < -0.3 is 4.90 Å².